The van der Waals surface area contributed by atoms with Crippen LogP contribution in [0.5, 0.6) is 11.5 Å². The van der Waals surface area contributed by atoms with Crippen LogP contribution in [-0.2, 0) is 40.7 Å². The van der Waals surface area contributed by atoms with Gasteiger partial charge in [-0.15, -0.1) is 11.3 Å². The maximum Gasteiger partial charge on any atom is 0.303 e. The average molecular weight is 812 g/mol. The molecule has 0 saturated heterocycles. The summed E-state index contributed by atoms with van der Waals surface area (Å²) in [6.45, 7) is 7.79. The number of pyridine rings is 1. The van der Waals surface area contributed by atoms with Gasteiger partial charge in [0.2, 0.25) is 0 Å². The Kier molecular flexibility index (Phi) is 16.4. The highest BCUT2D eigenvalue weighted by atomic mass is 35.5. The first-order valence-corrected chi connectivity index (χ1v) is 19.8. The summed E-state index contributed by atoms with van der Waals surface area (Å²) in [6.07, 6.45) is 6.29. The third-order valence-corrected chi connectivity index (χ3v) is 10.4. The minimum absolute atomic E-state index is 0.0707. The van der Waals surface area contributed by atoms with E-state index in [4.69, 9.17) is 41.0 Å². The van der Waals surface area contributed by atoms with Crippen molar-refractivity contribution in [1.29, 1.82) is 5.26 Å². The van der Waals surface area contributed by atoms with E-state index in [-0.39, 0.29) is 26.1 Å². The Morgan fingerprint density at radius 3 is 2.26 bits per heavy atom. The molecule has 0 fully saturated rings. The fourth-order valence-electron chi connectivity index (χ4n) is 6.09. The maximum atomic E-state index is 10.9. The van der Waals surface area contributed by atoms with Crippen LogP contribution in [0, 0.1) is 25.2 Å². The third-order valence-electron chi connectivity index (χ3n) is 9.14. The summed E-state index contributed by atoms with van der Waals surface area (Å²) >= 11 is 8.38. The van der Waals surface area contributed by atoms with Crippen molar-refractivity contribution in [2.75, 3.05) is 26.2 Å². The van der Waals surface area contributed by atoms with Crippen LogP contribution in [0.1, 0.15) is 63.9 Å². The van der Waals surface area contributed by atoms with Gasteiger partial charge in [0, 0.05) is 67.3 Å². The van der Waals surface area contributed by atoms with E-state index in [1.165, 1.54) is 6.20 Å². The molecule has 298 valence electrons. The fraction of sp³-hybridized carbons (Fsp3) is 0.326. The van der Waals surface area contributed by atoms with E-state index in [9.17, 15) is 14.9 Å². The van der Waals surface area contributed by atoms with Crippen LogP contribution in [0.25, 0.3) is 21.7 Å². The topological polar surface area (TPSA) is 176 Å². The number of rotatable bonds is 23. The Bertz CT molecular complexity index is 2190. The van der Waals surface area contributed by atoms with Gasteiger partial charge in [0.15, 0.2) is 0 Å². The van der Waals surface area contributed by atoms with Gasteiger partial charge in [-0.1, -0.05) is 48.0 Å². The zero-order valence-corrected chi connectivity index (χ0v) is 33.5. The molecule has 14 heteroatoms. The van der Waals surface area contributed by atoms with Crippen molar-refractivity contribution >= 4 is 34.9 Å². The van der Waals surface area contributed by atoms with E-state index in [1.807, 2.05) is 24.4 Å². The molecule has 0 saturated carbocycles. The highest BCUT2D eigenvalue weighted by Crippen LogP contribution is 2.37. The summed E-state index contributed by atoms with van der Waals surface area (Å²) in [5.41, 5.74) is 8.34. The first kappa shape index (κ1) is 42.8. The molecule has 0 bridgehead atoms. The predicted molar refractivity (Wildman–Crippen MR) is 219 cm³/mol. The van der Waals surface area contributed by atoms with Gasteiger partial charge >= 0.3 is 11.9 Å². The molecule has 0 radical (unpaired) electrons. The minimum Gasteiger partial charge on any atom is -0.488 e. The van der Waals surface area contributed by atoms with Crippen molar-refractivity contribution in [2.24, 2.45) is 0 Å². The summed E-state index contributed by atoms with van der Waals surface area (Å²) < 4.78 is 18.4. The monoisotopic (exact) mass is 811 g/mol. The zero-order chi connectivity index (χ0) is 40.6. The number of ether oxygens (including phenoxy) is 3. The SMILES string of the molecule is Cc1c(COc2cc(OCc3cncc(C#N)c3)c(CNCCCC(=O)O)cc2Cl)cccc1-c1cccc(-c2ncc(COCCNCCCC(=O)O)s2)c1C. The molecule has 0 aliphatic rings. The number of thiazole rings is 1. The molecule has 2 heterocycles. The summed E-state index contributed by atoms with van der Waals surface area (Å²) in [5.74, 6) is -0.640. The summed E-state index contributed by atoms with van der Waals surface area (Å²) in [4.78, 5) is 31.5. The largest absolute Gasteiger partial charge is 0.488 e. The predicted octanol–water partition coefficient (Wildman–Crippen LogP) is 8.10. The molecule has 12 nitrogen and oxygen atoms in total. The second-order valence-electron chi connectivity index (χ2n) is 13.3. The second kappa shape index (κ2) is 21.8. The normalized spacial score (nSPS) is 11.0. The van der Waals surface area contributed by atoms with Gasteiger partial charge in [-0.25, -0.2) is 4.98 Å². The lowest BCUT2D eigenvalue weighted by Gasteiger charge is -2.18. The Labute approximate surface area is 341 Å². The second-order valence-corrected chi connectivity index (χ2v) is 14.9. The van der Waals surface area contributed by atoms with Crippen molar-refractivity contribution < 1.29 is 34.0 Å². The van der Waals surface area contributed by atoms with Gasteiger partial charge in [-0.2, -0.15) is 5.26 Å². The lowest BCUT2D eigenvalue weighted by atomic mass is 9.92. The van der Waals surface area contributed by atoms with E-state index >= 15 is 0 Å². The van der Waals surface area contributed by atoms with E-state index in [0.717, 1.165) is 54.4 Å². The molecular weight excluding hydrogens is 766 g/mol. The quantitative estimate of drug-likeness (QED) is 0.0467. The molecule has 0 amide bonds. The number of carboxylic acid groups (broad SMARTS) is 2. The molecule has 5 rings (SSSR count). The van der Waals surface area contributed by atoms with Crippen LogP contribution in [-0.4, -0.2) is 58.4 Å². The Morgan fingerprint density at radius 1 is 0.807 bits per heavy atom. The lowest BCUT2D eigenvalue weighted by Crippen LogP contribution is -2.21. The summed E-state index contributed by atoms with van der Waals surface area (Å²) in [7, 11) is 0. The highest BCUT2D eigenvalue weighted by molar-refractivity contribution is 7.15. The molecule has 0 unspecified atom stereocenters. The average Bonchev–Trinajstić information content (AvgIpc) is 3.67. The minimum atomic E-state index is -0.842. The Hall–Kier alpha value is -5.36. The van der Waals surface area contributed by atoms with Gasteiger partial charge in [0.25, 0.3) is 0 Å². The van der Waals surface area contributed by atoms with Crippen LogP contribution in [0.3, 0.4) is 0 Å². The highest BCUT2D eigenvalue weighted by Gasteiger charge is 2.17. The molecule has 2 aromatic heterocycles. The first-order valence-electron chi connectivity index (χ1n) is 18.6. The Morgan fingerprint density at radius 2 is 1.51 bits per heavy atom. The van der Waals surface area contributed by atoms with Crippen molar-refractivity contribution in [3.8, 4) is 39.3 Å². The zero-order valence-electron chi connectivity index (χ0n) is 32.0. The van der Waals surface area contributed by atoms with Crippen LogP contribution in [0.4, 0.5) is 0 Å². The smallest absolute Gasteiger partial charge is 0.303 e. The first-order chi connectivity index (χ1) is 27.6. The Balaban J connectivity index is 1.26. The molecule has 3 aromatic carbocycles. The van der Waals surface area contributed by atoms with Gasteiger partial charge in [0.1, 0.15) is 35.8 Å². The third kappa shape index (κ3) is 12.8. The number of hydrogen-bond acceptors (Lipinski definition) is 11. The van der Waals surface area contributed by atoms with E-state index in [2.05, 4.69) is 53.7 Å². The molecule has 57 heavy (non-hydrogen) atoms. The molecular formula is C43H46ClN5O7S. The summed E-state index contributed by atoms with van der Waals surface area (Å²) in [5, 5.41) is 34.8. The lowest BCUT2D eigenvalue weighted by molar-refractivity contribution is -0.138. The number of carbonyl (C=O) groups is 2. The molecule has 0 spiro atoms. The van der Waals surface area contributed by atoms with E-state index < -0.39 is 11.9 Å². The van der Waals surface area contributed by atoms with Crippen molar-refractivity contribution in [3.05, 3.63) is 116 Å². The van der Waals surface area contributed by atoms with E-state index in [0.29, 0.717) is 74.3 Å². The van der Waals surface area contributed by atoms with Gasteiger partial charge in [0.05, 0.1) is 28.7 Å². The number of nitrogens with zero attached hydrogens (tertiary/aromatic N) is 3. The van der Waals surface area contributed by atoms with Crippen LogP contribution in [0.15, 0.2) is 73.2 Å². The molecule has 5 aromatic rings. The number of benzene rings is 3. The maximum absolute atomic E-state index is 10.9. The molecule has 4 N–H and O–H groups in total. The van der Waals surface area contributed by atoms with Gasteiger partial charge in [-0.3, -0.25) is 14.6 Å². The number of nitrogens with one attached hydrogen (secondary N) is 2. The number of carboxylic acids is 2. The fourth-order valence-corrected chi connectivity index (χ4v) is 7.26. The van der Waals surface area contributed by atoms with E-state index in [1.54, 1.807) is 35.7 Å². The number of aromatic nitrogens is 2. The van der Waals surface area contributed by atoms with Crippen LogP contribution >= 0.6 is 22.9 Å². The number of halogens is 1. The van der Waals surface area contributed by atoms with Gasteiger partial charge < -0.3 is 35.1 Å². The van der Waals surface area contributed by atoms with Gasteiger partial charge in [-0.05, 0) is 79.7 Å². The van der Waals surface area contributed by atoms with Crippen molar-refractivity contribution in [1.82, 2.24) is 20.6 Å². The standard InChI is InChI=1S/C43H46ClN5O7S/c1-28-32(26-56-40-19-39(55-25-31-17-30(20-45)21-48-22-31)33(18-38(40)44)23-47-14-6-12-42(52)53)7-3-8-35(28)36-9-4-10-37(29(36)2)43-49-24-34(57-43)27-54-16-15-46-13-5-11-41(50)51/h3-4,7-10,17-19,21-22,24,46-47H,5-6,11-16,23,25-27H2,1-2H3,(H,50,51)(H,52,53). The molecule has 0 aliphatic carbocycles. The molecule has 0 aliphatic heterocycles. The number of aliphatic carboxylic acids is 2. The molecule has 0 atom stereocenters. The summed E-state index contributed by atoms with van der Waals surface area (Å²) in [6, 6.07) is 19.8. The number of hydrogen-bond donors (Lipinski definition) is 4. The van der Waals surface area contributed by atoms with Crippen molar-refractivity contribution in [2.45, 2.75) is 65.9 Å². The van der Waals surface area contributed by atoms with Crippen LogP contribution < -0.4 is 20.1 Å². The van der Waals surface area contributed by atoms with Crippen LogP contribution in [0.2, 0.25) is 5.02 Å². The van der Waals surface area contributed by atoms with Crippen molar-refractivity contribution in [3.63, 3.8) is 0 Å². The number of nitriles is 1.